The first-order valence-corrected chi connectivity index (χ1v) is 8.39. The Kier molecular flexibility index (Phi) is 9.41. The third-order valence-corrected chi connectivity index (χ3v) is 3.35. The molecule has 0 aliphatic rings. The van der Waals surface area contributed by atoms with Crippen molar-refractivity contribution in [3.63, 3.8) is 0 Å². The highest BCUT2D eigenvalue weighted by atomic mass is 127. The van der Waals surface area contributed by atoms with Gasteiger partial charge in [0.05, 0.1) is 25.5 Å². The van der Waals surface area contributed by atoms with Crippen molar-refractivity contribution in [3.8, 4) is 5.75 Å². The number of hydrogen-bond acceptors (Lipinski definition) is 3. The van der Waals surface area contributed by atoms with E-state index in [2.05, 4.69) is 40.7 Å². The Balaban J connectivity index is 0.00000312. The summed E-state index contributed by atoms with van der Waals surface area (Å²) in [5.74, 6) is 2.53. The molecule has 1 heterocycles. The lowest BCUT2D eigenvalue weighted by Crippen LogP contribution is -2.36. The zero-order chi connectivity index (χ0) is 17.4. The number of hydrogen-bond donors (Lipinski definition) is 2. The van der Waals surface area contributed by atoms with E-state index < -0.39 is 0 Å². The van der Waals surface area contributed by atoms with E-state index in [1.54, 1.807) is 6.26 Å². The fourth-order valence-electron chi connectivity index (χ4n) is 2.25. The van der Waals surface area contributed by atoms with Gasteiger partial charge in [0.15, 0.2) is 5.96 Å². The van der Waals surface area contributed by atoms with Gasteiger partial charge < -0.3 is 19.8 Å². The summed E-state index contributed by atoms with van der Waals surface area (Å²) in [5, 5.41) is 6.51. The summed E-state index contributed by atoms with van der Waals surface area (Å²) in [5.41, 5.74) is 2.26. The van der Waals surface area contributed by atoms with Crippen LogP contribution in [0.4, 0.5) is 0 Å². The van der Waals surface area contributed by atoms with Gasteiger partial charge in [-0.15, -0.1) is 24.0 Å². The highest BCUT2D eigenvalue weighted by Gasteiger charge is 2.07. The Morgan fingerprint density at radius 1 is 1.24 bits per heavy atom. The van der Waals surface area contributed by atoms with Gasteiger partial charge in [-0.05, 0) is 51.5 Å². The summed E-state index contributed by atoms with van der Waals surface area (Å²) in [6.45, 7) is 10.1. The standard InChI is InChI=1S/C19H27N3O2.HI/c1-5-20-19(22-13-17-7-6-10-23-17)21-12-16-9-8-15(4)11-18(16)24-14(2)3;/h6-11,14H,5,12-13H2,1-4H3,(H2,20,21,22);1H. The average Bonchev–Trinajstić information content (AvgIpc) is 3.04. The van der Waals surface area contributed by atoms with Crippen molar-refractivity contribution < 1.29 is 9.15 Å². The third-order valence-electron chi connectivity index (χ3n) is 3.35. The molecule has 0 aliphatic heterocycles. The predicted octanol–water partition coefficient (Wildman–Crippen LogP) is 4.25. The molecule has 138 valence electrons. The van der Waals surface area contributed by atoms with Crippen LogP contribution in [0.3, 0.4) is 0 Å². The summed E-state index contributed by atoms with van der Waals surface area (Å²) in [6.07, 6.45) is 1.81. The number of benzene rings is 1. The van der Waals surface area contributed by atoms with E-state index in [1.807, 2.05) is 32.9 Å². The van der Waals surface area contributed by atoms with Gasteiger partial charge in [0.25, 0.3) is 0 Å². The van der Waals surface area contributed by atoms with E-state index in [0.717, 1.165) is 29.6 Å². The zero-order valence-corrected chi connectivity index (χ0v) is 17.7. The number of nitrogens with one attached hydrogen (secondary N) is 2. The topological polar surface area (TPSA) is 58.8 Å². The van der Waals surface area contributed by atoms with Gasteiger partial charge in [0.1, 0.15) is 11.5 Å². The SMILES string of the molecule is CCNC(=NCc1ccc(C)cc1OC(C)C)NCc1ccco1.I. The van der Waals surface area contributed by atoms with E-state index >= 15 is 0 Å². The summed E-state index contributed by atoms with van der Waals surface area (Å²) in [6, 6.07) is 10.0. The summed E-state index contributed by atoms with van der Waals surface area (Å²) >= 11 is 0. The van der Waals surface area contributed by atoms with Crippen molar-refractivity contribution >= 4 is 29.9 Å². The third kappa shape index (κ3) is 7.37. The van der Waals surface area contributed by atoms with Crippen molar-refractivity contribution in [2.75, 3.05) is 6.54 Å². The molecule has 0 aliphatic carbocycles. The van der Waals surface area contributed by atoms with Crippen LogP contribution in [0.25, 0.3) is 0 Å². The molecule has 1 aromatic heterocycles. The number of guanidine groups is 1. The summed E-state index contributed by atoms with van der Waals surface area (Å²) < 4.78 is 11.2. The minimum Gasteiger partial charge on any atom is -0.491 e. The molecule has 2 N–H and O–H groups in total. The molecule has 1 aromatic carbocycles. The number of ether oxygens (including phenoxy) is 1. The number of aryl methyl sites for hydroxylation is 1. The average molecular weight is 457 g/mol. The van der Waals surface area contributed by atoms with Gasteiger partial charge in [0, 0.05) is 12.1 Å². The van der Waals surface area contributed by atoms with Gasteiger partial charge in [-0.3, -0.25) is 0 Å². The number of nitrogens with zero attached hydrogens (tertiary/aromatic N) is 1. The Morgan fingerprint density at radius 3 is 2.68 bits per heavy atom. The van der Waals surface area contributed by atoms with Crippen molar-refractivity contribution in [1.82, 2.24) is 10.6 Å². The molecule has 0 radical (unpaired) electrons. The van der Waals surface area contributed by atoms with Gasteiger partial charge in [0.2, 0.25) is 0 Å². The molecular formula is C19H28IN3O2. The molecule has 6 heteroatoms. The summed E-state index contributed by atoms with van der Waals surface area (Å²) in [4.78, 5) is 4.65. The Labute approximate surface area is 167 Å². The minimum absolute atomic E-state index is 0. The maximum Gasteiger partial charge on any atom is 0.191 e. The van der Waals surface area contributed by atoms with Gasteiger partial charge >= 0.3 is 0 Å². The van der Waals surface area contributed by atoms with Crippen molar-refractivity contribution in [2.45, 2.75) is 46.9 Å². The second-order valence-electron chi connectivity index (χ2n) is 5.91. The molecule has 2 aromatic rings. The monoisotopic (exact) mass is 457 g/mol. The quantitative estimate of drug-likeness (QED) is 0.371. The number of halogens is 1. The fraction of sp³-hybridized carbons (Fsp3) is 0.421. The molecule has 0 spiro atoms. The zero-order valence-electron chi connectivity index (χ0n) is 15.3. The first-order chi connectivity index (χ1) is 11.6. The fourth-order valence-corrected chi connectivity index (χ4v) is 2.25. The van der Waals surface area contributed by atoms with Crippen LogP contribution in [0, 0.1) is 6.92 Å². The predicted molar refractivity (Wildman–Crippen MR) is 113 cm³/mol. The van der Waals surface area contributed by atoms with Gasteiger partial charge in [-0.2, -0.15) is 0 Å². The largest absolute Gasteiger partial charge is 0.491 e. The van der Waals surface area contributed by atoms with Crippen LogP contribution in [0.5, 0.6) is 5.75 Å². The summed E-state index contributed by atoms with van der Waals surface area (Å²) in [7, 11) is 0. The first kappa shape index (κ1) is 21.3. The van der Waals surface area contributed by atoms with Crippen LogP contribution in [0.15, 0.2) is 46.0 Å². The molecule has 0 atom stereocenters. The van der Waals surface area contributed by atoms with E-state index in [-0.39, 0.29) is 30.1 Å². The Morgan fingerprint density at radius 2 is 2.04 bits per heavy atom. The molecule has 0 saturated heterocycles. The molecule has 0 bridgehead atoms. The van der Waals surface area contributed by atoms with Crippen LogP contribution in [0.2, 0.25) is 0 Å². The lowest BCUT2D eigenvalue weighted by Gasteiger charge is -2.15. The molecule has 2 rings (SSSR count). The second kappa shape index (κ2) is 11.0. The van der Waals surface area contributed by atoms with Gasteiger partial charge in [-0.25, -0.2) is 4.99 Å². The van der Waals surface area contributed by atoms with Crippen molar-refractivity contribution in [3.05, 3.63) is 53.5 Å². The van der Waals surface area contributed by atoms with Crippen molar-refractivity contribution in [1.29, 1.82) is 0 Å². The van der Waals surface area contributed by atoms with Crippen LogP contribution >= 0.6 is 24.0 Å². The molecule has 25 heavy (non-hydrogen) atoms. The Bertz CT molecular complexity index is 655. The molecule has 0 amide bonds. The van der Waals surface area contributed by atoms with Gasteiger partial charge in [-0.1, -0.05) is 12.1 Å². The normalized spacial score (nSPS) is 11.2. The number of aliphatic imine (C=N–C) groups is 1. The van der Waals surface area contributed by atoms with E-state index in [1.165, 1.54) is 5.56 Å². The van der Waals surface area contributed by atoms with E-state index in [4.69, 9.17) is 9.15 Å². The van der Waals surface area contributed by atoms with E-state index in [9.17, 15) is 0 Å². The van der Waals surface area contributed by atoms with Crippen LogP contribution < -0.4 is 15.4 Å². The van der Waals surface area contributed by atoms with Crippen molar-refractivity contribution in [2.24, 2.45) is 4.99 Å². The molecular weight excluding hydrogens is 429 g/mol. The number of furan rings is 1. The molecule has 0 fully saturated rings. The van der Waals surface area contributed by atoms with E-state index in [0.29, 0.717) is 13.1 Å². The smallest absolute Gasteiger partial charge is 0.191 e. The van der Waals surface area contributed by atoms with Crippen LogP contribution in [0.1, 0.15) is 37.7 Å². The number of rotatable bonds is 7. The first-order valence-electron chi connectivity index (χ1n) is 8.39. The van der Waals surface area contributed by atoms with Crippen LogP contribution in [-0.2, 0) is 13.1 Å². The second-order valence-corrected chi connectivity index (χ2v) is 5.91. The Hall–Kier alpha value is -1.70. The maximum atomic E-state index is 5.91. The lowest BCUT2D eigenvalue weighted by atomic mass is 10.1. The molecule has 0 saturated carbocycles. The highest BCUT2D eigenvalue weighted by Crippen LogP contribution is 2.22. The molecule has 0 unspecified atom stereocenters. The van der Waals surface area contributed by atoms with Crippen LogP contribution in [-0.4, -0.2) is 18.6 Å². The lowest BCUT2D eigenvalue weighted by molar-refractivity contribution is 0.240. The minimum atomic E-state index is 0. The molecule has 5 nitrogen and oxygen atoms in total. The highest BCUT2D eigenvalue weighted by molar-refractivity contribution is 14.0. The maximum absolute atomic E-state index is 5.91.